The fourth-order valence-corrected chi connectivity index (χ4v) is 4.26. The Labute approximate surface area is 137 Å². The highest BCUT2D eigenvalue weighted by Crippen LogP contribution is 2.21. The van der Waals surface area contributed by atoms with Gasteiger partial charge in [0, 0.05) is 31.5 Å². The normalized spacial score (nSPS) is 17.4. The van der Waals surface area contributed by atoms with Crippen molar-refractivity contribution in [2.45, 2.75) is 37.2 Å². The lowest BCUT2D eigenvalue weighted by atomic mass is 10.1. The Morgan fingerprint density at radius 2 is 1.96 bits per heavy atom. The highest BCUT2D eigenvalue weighted by molar-refractivity contribution is 7.89. The Balaban J connectivity index is 1.56. The molecule has 0 aliphatic carbocycles. The second kappa shape index (κ2) is 6.82. The molecule has 1 aromatic carbocycles. The van der Waals surface area contributed by atoms with Crippen LogP contribution in [-0.2, 0) is 16.6 Å². The molecule has 2 heterocycles. The maximum Gasteiger partial charge on any atom is 0.243 e. The molecule has 6 nitrogen and oxygen atoms in total. The molecule has 0 atom stereocenters. The predicted octanol–water partition coefficient (Wildman–Crippen LogP) is 1.66. The second-order valence-electron chi connectivity index (χ2n) is 5.91. The van der Waals surface area contributed by atoms with Gasteiger partial charge in [-0.15, -0.1) is 0 Å². The number of benzene rings is 1. The number of H-pyrrole nitrogens is 1. The fraction of sp³-hybridized carbons (Fsp3) is 0.438. The van der Waals surface area contributed by atoms with E-state index >= 15 is 0 Å². The number of rotatable bonds is 5. The van der Waals surface area contributed by atoms with Crippen LogP contribution in [0.25, 0.3) is 0 Å². The number of aromatic amines is 1. The number of hydrogen-bond acceptors (Lipinski definition) is 4. The molecule has 7 heteroatoms. The Morgan fingerprint density at radius 3 is 2.57 bits per heavy atom. The molecular formula is C16H22N4O2S. The lowest BCUT2D eigenvalue weighted by Gasteiger charge is -2.31. The van der Waals surface area contributed by atoms with Crippen molar-refractivity contribution in [3.8, 4) is 0 Å². The highest BCUT2D eigenvalue weighted by atomic mass is 32.2. The summed E-state index contributed by atoms with van der Waals surface area (Å²) in [4.78, 5) is 7.61. The zero-order chi connectivity index (χ0) is 16.3. The zero-order valence-electron chi connectivity index (χ0n) is 13.2. The molecule has 23 heavy (non-hydrogen) atoms. The summed E-state index contributed by atoms with van der Waals surface area (Å²) in [6.45, 7) is 3.73. The first kappa shape index (κ1) is 16.2. The third-order valence-corrected chi connectivity index (χ3v) is 6.14. The van der Waals surface area contributed by atoms with Gasteiger partial charge in [0.1, 0.15) is 5.82 Å². The topological polar surface area (TPSA) is 78.1 Å². The minimum atomic E-state index is -3.37. The van der Waals surface area contributed by atoms with Gasteiger partial charge in [0.25, 0.3) is 0 Å². The van der Waals surface area contributed by atoms with E-state index in [4.69, 9.17) is 0 Å². The average Bonchev–Trinajstić information content (AvgIpc) is 3.07. The van der Waals surface area contributed by atoms with Gasteiger partial charge >= 0.3 is 0 Å². The lowest BCUT2D eigenvalue weighted by molar-refractivity contribution is 0.287. The predicted molar refractivity (Wildman–Crippen MR) is 88.4 cm³/mol. The summed E-state index contributed by atoms with van der Waals surface area (Å²) in [6, 6.07) is 7.37. The van der Waals surface area contributed by atoms with Gasteiger partial charge in [0.2, 0.25) is 10.0 Å². The van der Waals surface area contributed by atoms with E-state index in [0.29, 0.717) is 30.6 Å². The average molecular weight is 334 g/mol. The fourth-order valence-electron chi connectivity index (χ4n) is 2.80. The molecule has 1 saturated heterocycles. The van der Waals surface area contributed by atoms with E-state index in [1.54, 1.807) is 28.8 Å². The molecular weight excluding hydrogens is 312 g/mol. The standard InChI is InChI=1S/C16H22N4O2S/c1-13-2-4-15(5-3-13)23(21,22)20-10-6-14(7-11-20)19-12-16-17-8-9-18-16/h2-5,8-9,14,19H,6-7,10-12H2,1H3,(H,17,18). The summed E-state index contributed by atoms with van der Waals surface area (Å²) in [6.07, 6.45) is 5.15. The molecule has 1 aliphatic heterocycles. The molecule has 0 bridgehead atoms. The quantitative estimate of drug-likeness (QED) is 0.872. The number of imidazole rings is 1. The third-order valence-electron chi connectivity index (χ3n) is 4.23. The van der Waals surface area contributed by atoms with E-state index in [2.05, 4.69) is 15.3 Å². The minimum absolute atomic E-state index is 0.324. The molecule has 0 saturated carbocycles. The second-order valence-corrected chi connectivity index (χ2v) is 7.85. The van der Waals surface area contributed by atoms with Gasteiger partial charge in [-0.25, -0.2) is 13.4 Å². The number of aromatic nitrogens is 2. The summed E-state index contributed by atoms with van der Waals surface area (Å²) in [5.41, 5.74) is 1.06. The van der Waals surface area contributed by atoms with E-state index in [9.17, 15) is 8.42 Å². The molecule has 1 fully saturated rings. The van der Waals surface area contributed by atoms with Gasteiger partial charge in [-0.2, -0.15) is 4.31 Å². The molecule has 2 aromatic rings. The smallest absolute Gasteiger partial charge is 0.243 e. The monoisotopic (exact) mass is 334 g/mol. The summed E-state index contributed by atoms with van der Waals surface area (Å²) < 4.78 is 26.9. The first-order chi connectivity index (χ1) is 11.1. The Hall–Kier alpha value is -1.70. The first-order valence-corrected chi connectivity index (χ1v) is 9.28. The van der Waals surface area contributed by atoms with E-state index in [0.717, 1.165) is 24.2 Å². The van der Waals surface area contributed by atoms with Crippen molar-refractivity contribution in [2.75, 3.05) is 13.1 Å². The van der Waals surface area contributed by atoms with E-state index < -0.39 is 10.0 Å². The third kappa shape index (κ3) is 3.80. The van der Waals surface area contributed by atoms with Crippen LogP contribution in [0.2, 0.25) is 0 Å². The van der Waals surface area contributed by atoms with Crippen LogP contribution >= 0.6 is 0 Å². The van der Waals surface area contributed by atoms with Crippen molar-refractivity contribution in [1.29, 1.82) is 0 Å². The van der Waals surface area contributed by atoms with Crippen LogP contribution in [0.15, 0.2) is 41.6 Å². The summed E-state index contributed by atoms with van der Waals surface area (Å²) in [5.74, 6) is 0.903. The SMILES string of the molecule is Cc1ccc(S(=O)(=O)N2CCC(NCc3ncc[nH]3)CC2)cc1. The van der Waals surface area contributed by atoms with Gasteiger partial charge in [0.05, 0.1) is 11.4 Å². The van der Waals surface area contributed by atoms with Crippen molar-refractivity contribution in [3.05, 3.63) is 48.0 Å². The lowest BCUT2D eigenvalue weighted by Crippen LogP contribution is -2.44. The number of aryl methyl sites for hydroxylation is 1. The Bertz CT molecular complexity index is 718. The van der Waals surface area contributed by atoms with Crippen molar-refractivity contribution in [2.24, 2.45) is 0 Å². The van der Waals surface area contributed by atoms with Crippen LogP contribution in [0.3, 0.4) is 0 Å². The molecule has 0 unspecified atom stereocenters. The van der Waals surface area contributed by atoms with Crippen LogP contribution in [0.4, 0.5) is 0 Å². The maximum atomic E-state index is 12.6. The molecule has 0 amide bonds. The first-order valence-electron chi connectivity index (χ1n) is 7.84. The number of sulfonamides is 1. The van der Waals surface area contributed by atoms with Crippen LogP contribution in [0.1, 0.15) is 24.2 Å². The molecule has 124 valence electrons. The Morgan fingerprint density at radius 1 is 1.26 bits per heavy atom. The van der Waals surface area contributed by atoms with Crippen LogP contribution < -0.4 is 5.32 Å². The van der Waals surface area contributed by atoms with Crippen LogP contribution in [-0.4, -0.2) is 41.8 Å². The summed E-state index contributed by atoms with van der Waals surface area (Å²) >= 11 is 0. The van der Waals surface area contributed by atoms with Crippen molar-refractivity contribution >= 4 is 10.0 Å². The molecule has 0 radical (unpaired) electrons. The van der Waals surface area contributed by atoms with Crippen molar-refractivity contribution in [3.63, 3.8) is 0 Å². The zero-order valence-corrected chi connectivity index (χ0v) is 14.0. The molecule has 2 N–H and O–H groups in total. The van der Waals surface area contributed by atoms with Gasteiger partial charge in [0.15, 0.2) is 0 Å². The maximum absolute atomic E-state index is 12.6. The summed E-state index contributed by atoms with van der Waals surface area (Å²) in [7, 11) is -3.37. The van der Waals surface area contributed by atoms with Gasteiger partial charge in [-0.1, -0.05) is 17.7 Å². The molecule has 3 rings (SSSR count). The van der Waals surface area contributed by atoms with Gasteiger partial charge in [-0.05, 0) is 31.9 Å². The number of hydrogen-bond donors (Lipinski definition) is 2. The van der Waals surface area contributed by atoms with Gasteiger partial charge < -0.3 is 10.3 Å². The molecule has 0 spiro atoms. The number of nitrogens with zero attached hydrogens (tertiary/aromatic N) is 2. The van der Waals surface area contributed by atoms with E-state index in [1.807, 2.05) is 19.1 Å². The summed E-state index contributed by atoms with van der Waals surface area (Å²) in [5, 5.41) is 3.43. The number of nitrogens with one attached hydrogen (secondary N) is 2. The molecule has 1 aliphatic rings. The minimum Gasteiger partial charge on any atom is -0.348 e. The van der Waals surface area contributed by atoms with E-state index in [-0.39, 0.29) is 0 Å². The van der Waals surface area contributed by atoms with Gasteiger partial charge in [-0.3, -0.25) is 0 Å². The van der Waals surface area contributed by atoms with Crippen molar-refractivity contribution in [1.82, 2.24) is 19.6 Å². The van der Waals surface area contributed by atoms with Crippen LogP contribution in [0.5, 0.6) is 0 Å². The largest absolute Gasteiger partial charge is 0.348 e. The van der Waals surface area contributed by atoms with Crippen molar-refractivity contribution < 1.29 is 8.42 Å². The molecule has 1 aromatic heterocycles. The van der Waals surface area contributed by atoms with E-state index in [1.165, 1.54) is 0 Å². The van der Waals surface area contributed by atoms with Crippen LogP contribution in [0, 0.1) is 6.92 Å². The Kier molecular flexibility index (Phi) is 4.79. The number of piperidine rings is 1. The highest BCUT2D eigenvalue weighted by Gasteiger charge is 2.29.